The third kappa shape index (κ3) is 3.31. The van der Waals surface area contributed by atoms with Gasteiger partial charge in [0.2, 0.25) is 5.96 Å². The molecule has 34 heavy (non-hydrogen) atoms. The molecule has 0 bridgehead atoms. The summed E-state index contributed by atoms with van der Waals surface area (Å²) in [5.74, 6) is 0.103. The van der Waals surface area contributed by atoms with Crippen LogP contribution in [0.2, 0.25) is 0 Å². The number of H-pyrrole nitrogens is 1. The molecule has 0 fully saturated rings. The Hall–Kier alpha value is -4.77. The maximum Gasteiger partial charge on any atom is 0.230 e. The molecule has 5 nitrogen and oxygen atoms in total. The monoisotopic (exact) mass is 439 g/mol. The van der Waals surface area contributed by atoms with Crippen molar-refractivity contribution in [2.75, 3.05) is 0 Å². The van der Waals surface area contributed by atoms with Gasteiger partial charge in [0.1, 0.15) is 11.1 Å². The summed E-state index contributed by atoms with van der Waals surface area (Å²) in [4.78, 5) is 12.6. The Labute approximate surface area is 196 Å². The van der Waals surface area contributed by atoms with Gasteiger partial charge in [0.05, 0.1) is 5.52 Å². The summed E-state index contributed by atoms with van der Waals surface area (Å²) in [6.45, 7) is 0. The number of nitrogens with zero attached hydrogens (tertiary/aromatic N) is 3. The predicted molar refractivity (Wildman–Crippen MR) is 138 cm³/mol. The molecule has 0 radical (unpaired) electrons. The van der Waals surface area contributed by atoms with Crippen molar-refractivity contribution in [1.29, 1.82) is 5.41 Å². The zero-order valence-corrected chi connectivity index (χ0v) is 18.3. The van der Waals surface area contributed by atoms with Gasteiger partial charge in [-0.3, -0.25) is 9.98 Å². The first-order chi connectivity index (χ1) is 16.8. The molecule has 0 aliphatic carbocycles. The summed E-state index contributed by atoms with van der Waals surface area (Å²) in [7, 11) is 0. The number of pyridine rings is 2. The van der Waals surface area contributed by atoms with Crippen LogP contribution in [0.4, 0.5) is 0 Å². The fraction of sp³-hybridized carbons (Fsp3) is 0. The molecule has 0 atom stereocenters. The average Bonchev–Trinajstić information content (AvgIpc) is 3.24. The number of benzene rings is 3. The maximum atomic E-state index is 8.96. The van der Waals surface area contributed by atoms with E-state index in [-0.39, 0.29) is 5.96 Å². The fourth-order valence-corrected chi connectivity index (χ4v) is 4.49. The number of para-hydroxylation sites is 1. The molecule has 0 aliphatic heterocycles. The average molecular weight is 440 g/mol. The van der Waals surface area contributed by atoms with Crippen molar-refractivity contribution in [2.24, 2.45) is 4.99 Å². The van der Waals surface area contributed by atoms with Crippen LogP contribution >= 0.6 is 0 Å². The van der Waals surface area contributed by atoms with Crippen LogP contribution < -0.4 is 5.49 Å². The molecule has 0 saturated heterocycles. The first-order valence-electron chi connectivity index (χ1n) is 11.1. The summed E-state index contributed by atoms with van der Waals surface area (Å²) in [5.41, 5.74) is 6.49. The Balaban J connectivity index is 1.56. The van der Waals surface area contributed by atoms with E-state index in [1.54, 1.807) is 10.8 Å². The second-order valence-electron chi connectivity index (χ2n) is 8.01. The molecule has 3 heterocycles. The third-order valence-corrected chi connectivity index (χ3v) is 6.00. The Kier molecular flexibility index (Phi) is 4.85. The van der Waals surface area contributed by atoms with Gasteiger partial charge in [-0.05, 0) is 47.0 Å². The van der Waals surface area contributed by atoms with E-state index in [2.05, 4.69) is 40.3 Å². The number of aromatic nitrogens is 3. The van der Waals surface area contributed by atoms with Crippen LogP contribution in [0.3, 0.4) is 0 Å². The molecule has 0 amide bonds. The van der Waals surface area contributed by atoms with Crippen LogP contribution in [0, 0.1) is 5.41 Å². The number of nitrogens with one attached hydrogen (secondary N) is 2. The summed E-state index contributed by atoms with van der Waals surface area (Å²) in [5, 5.41) is 11.0. The van der Waals surface area contributed by atoms with Gasteiger partial charge >= 0.3 is 0 Å². The minimum atomic E-state index is 0.103. The largest absolute Gasteiger partial charge is 0.346 e. The van der Waals surface area contributed by atoms with Gasteiger partial charge in [0, 0.05) is 28.7 Å². The van der Waals surface area contributed by atoms with Gasteiger partial charge < -0.3 is 4.98 Å². The molecule has 0 aliphatic rings. The molecule has 162 valence electrons. The molecular weight excluding hydrogens is 418 g/mol. The highest BCUT2D eigenvalue weighted by atomic mass is 15.2. The second-order valence-corrected chi connectivity index (χ2v) is 8.01. The van der Waals surface area contributed by atoms with Crippen molar-refractivity contribution in [2.45, 2.75) is 0 Å². The molecule has 3 aromatic heterocycles. The highest BCUT2D eigenvalue weighted by Gasteiger charge is 2.15. The van der Waals surface area contributed by atoms with E-state index < -0.39 is 0 Å². The molecule has 0 spiro atoms. The molecule has 6 rings (SSSR count). The molecule has 2 N–H and O–H groups in total. The Morgan fingerprint density at radius 3 is 2.29 bits per heavy atom. The molecule has 6 aromatic rings. The molecule has 3 aromatic carbocycles. The van der Waals surface area contributed by atoms with E-state index in [1.807, 2.05) is 79.0 Å². The summed E-state index contributed by atoms with van der Waals surface area (Å²) < 4.78 is 1.80. The summed E-state index contributed by atoms with van der Waals surface area (Å²) >= 11 is 0. The lowest BCUT2D eigenvalue weighted by Crippen LogP contribution is -2.18. The van der Waals surface area contributed by atoms with Crippen molar-refractivity contribution in [3.05, 3.63) is 121 Å². The smallest absolute Gasteiger partial charge is 0.230 e. The van der Waals surface area contributed by atoms with Crippen LogP contribution in [-0.2, 0) is 0 Å². The van der Waals surface area contributed by atoms with Crippen molar-refractivity contribution in [3.63, 3.8) is 0 Å². The highest BCUT2D eigenvalue weighted by molar-refractivity contribution is 6.12. The number of aromatic amines is 1. The van der Waals surface area contributed by atoms with E-state index >= 15 is 0 Å². The van der Waals surface area contributed by atoms with E-state index in [9.17, 15) is 0 Å². The number of hydrogen-bond acceptors (Lipinski definition) is 2. The Bertz CT molecular complexity index is 1670. The minimum absolute atomic E-state index is 0.103. The Morgan fingerprint density at radius 1 is 0.706 bits per heavy atom. The first kappa shape index (κ1) is 19.9. The van der Waals surface area contributed by atoms with Gasteiger partial charge in [0.15, 0.2) is 0 Å². The zero-order chi connectivity index (χ0) is 22.9. The van der Waals surface area contributed by atoms with Crippen molar-refractivity contribution in [3.8, 4) is 22.3 Å². The molecule has 0 unspecified atom stereocenters. The number of hydrogen-bond donors (Lipinski definition) is 2. The topological polar surface area (TPSA) is 69.8 Å². The second kappa shape index (κ2) is 8.30. The van der Waals surface area contributed by atoms with E-state index in [1.165, 1.54) is 0 Å². The van der Waals surface area contributed by atoms with Crippen molar-refractivity contribution >= 4 is 27.9 Å². The SMILES string of the molecule is N=C(/N=c1\[nH]cccc1-c1ccccc1-c1ccccc1)n1c2ccccc2c2cccnc21. The predicted octanol–water partition coefficient (Wildman–Crippen LogP) is 6.24. The first-order valence-corrected chi connectivity index (χ1v) is 11.1. The lowest BCUT2D eigenvalue weighted by molar-refractivity contribution is 1.09. The normalized spacial score (nSPS) is 11.8. The maximum absolute atomic E-state index is 8.96. The van der Waals surface area contributed by atoms with Crippen LogP contribution in [0.25, 0.3) is 44.2 Å². The molecule has 5 heteroatoms. The van der Waals surface area contributed by atoms with Crippen LogP contribution in [0.15, 0.2) is 121 Å². The quantitative estimate of drug-likeness (QED) is 0.243. The van der Waals surface area contributed by atoms with Crippen molar-refractivity contribution in [1.82, 2.24) is 14.5 Å². The van der Waals surface area contributed by atoms with Crippen LogP contribution in [0.5, 0.6) is 0 Å². The number of rotatable bonds is 2. The third-order valence-electron chi connectivity index (χ3n) is 6.00. The number of fused-ring (bicyclic) bond motifs is 3. The minimum Gasteiger partial charge on any atom is -0.346 e. The summed E-state index contributed by atoms with van der Waals surface area (Å²) in [6, 6.07) is 34.6. The van der Waals surface area contributed by atoms with Gasteiger partial charge in [-0.15, -0.1) is 0 Å². The molecular formula is C29H21N5. The fourth-order valence-electron chi connectivity index (χ4n) is 4.49. The zero-order valence-electron chi connectivity index (χ0n) is 18.3. The van der Waals surface area contributed by atoms with E-state index in [0.717, 1.165) is 44.2 Å². The van der Waals surface area contributed by atoms with Gasteiger partial charge in [0.25, 0.3) is 0 Å². The lowest BCUT2D eigenvalue weighted by atomic mass is 9.95. The summed E-state index contributed by atoms with van der Waals surface area (Å²) in [6.07, 6.45) is 3.59. The van der Waals surface area contributed by atoms with Crippen molar-refractivity contribution < 1.29 is 0 Å². The lowest BCUT2D eigenvalue weighted by Gasteiger charge is -2.11. The van der Waals surface area contributed by atoms with Gasteiger partial charge in [-0.2, -0.15) is 4.99 Å². The van der Waals surface area contributed by atoms with E-state index in [4.69, 9.17) is 10.4 Å². The standard InChI is InChI=1S/C29H21N5/c30-29(34-26-17-7-6-14-23(26)25-16-9-19-32-28(25)34)33-27-24(15-8-18-31-27)22-13-5-4-12-21(22)20-10-2-1-3-11-20/h1-19H,(H2,30,31,33). The van der Waals surface area contributed by atoms with Gasteiger partial charge in [-0.25, -0.2) is 4.98 Å². The van der Waals surface area contributed by atoms with Gasteiger partial charge in [-0.1, -0.05) is 72.8 Å². The van der Waals surface area contributed by atoms with Crippen LogP contribution in [0.1, 0.15) is 0 Å². The highest BCUT2D eigenvalue weighted by Crippen LogP contribution is 2.30. The molecule has 0 saturated carbocycles. The van der Waals surface area contributed by atoms with Crippen LogP contribution in [-0.4, -0.2) is 20.5 Å². The Morgan fingerprint density at radius 2 is 1.41 bits per heavy atom. The van der Waals surface area contributed by atoms with E-state index in [0.29, 0.717) is 5.49 Å².